The molecule has 1 aliphatic rings. The minimum atomic E-state index is -0.160. The van der Waals surface area contributed by atoms with Crippen LogP contribution in [0.3, 0.4) is 0 Å². The molecule has 5 rings (SSSR count). The van der Waals surface area contributed by atoms with Crippen molar-refractivity contribution < 1.29 is 9.90 Å². The highest BCUT2D eigenvalue weighted by Gasteiger charge is 2.25. The zero-order chi connectivity index (χ0) is 20.1. The Labute approximate surface area is 183 Å². The first-order chi connectivity index (χ1) is 14.0. The van der Waals surface area contributed by atoms with Crippen LogP contribution in [-0.4, -0.2) is 20.4 Å². The zero-order valence-electron chi connectivity index (χ0n) is 14.9. The third kappa shape index (κ3) is 3.16. The number of nitrogens with one attached hydrogen (secondary N) is 1. The second kappa shape index (κ2) is 6.86. The Morgan fingerprint density at radius 2 is 1.86 bits per heavy atom. The number of hydrogen-bond donors (Lipinski definition) is 2. The number of benzene rings is 2. The fourth-order valence-corrected chi connectivity index (χ4v) is 4.62. The van der Waals surface area contributed by atoms with Crippen LogP contribution >= 0.6 is 31.9 Å². The first-order valence-corrected chi connectivity index (χ1v) is 10.4. The van der Waals surface area contributed by atoms with E-state index in [0.717, 1.165) is 33.7 Å². The molecule has 5 nitrogen and oxygen atoms in total. The van der Waals surface area contributed by atoms with Gasteiger partial charge in [0.25, 0.3) is 5.91 Å². The molecule has 1 amide bonds. The third-order valence-electron chi connectivity index (χ3n) is 4.81. The molecule has 0 atom stereocenters. The summed E-state index contributed by atoms with van der Waals surface area (Å²) in [5.74, 6) is -0.0370. The van der Waals surface area contributed by atoms with Gasteiger partial charge < -0.3 is 14.8 Å². The molecule has 1 aliphatic heterocycles. The molecule has 4 aromatic rings. The molecule has 2 aromatic heterocycles. The van der Waals surface area contributed by atoms with Gasteiger partial charge in [0.1, 0.15) is 11.4 Å². The Morgan fingerprint density at radius 3 is 2.62 bits per heavy atom. The Morgan fingerprint density at radius 1 is 1.07 bits per heavy atom. The number of halogens is 2. The number of rotatable bonds is 2. The van der Waals surface area contributed by atoms with Gasteiger partial charge in [-0.15, -0.1) is 0 Å². The van der Waals surface area contributed by atoms with Gasteiger partial charge in [0.05, 0.1) is 14.6 Å². The van der Waals surface area contributed by atoms with Crippen molar-refractivity contribution in [3.8, 4) is 17.0 Å². The summed E-state index contributed by atoms with van der Waals surface area (Å²) in [5.41, 5.74) is 5.59. The zero-order valence-corrected chi connectivity index (χ0v) is 18.0. The van der Waals surface area contributed by atoms with Gasteiger partial charge in [0, 0.05) is 34.8 Å². The van der Waals surface area contributed by atoms with Crippen LogP contribution in [0.5, 0.6) is 5.75 Å². The number of hydrogen-bond acceptors (Lipinski definition) is 3. The maximum atomic E-state index is 12.6. The Hall–Kier alpha value is -2.90. The lowest BCUT2D eigenvalue weighted by Crippen LogP contribution is -2.03. The minimum Gasteiger partial charge on any atom is -0.506 e. The van der Waals surface area contributed by atoms with Crippen LogP contribution in [0.25, 0.3) is 28.6 Å². The van der Waals surface area contributed by atoms with E-state index >= 15 is 0 Å². The quantitative estimate of drug-likeness (QED) is 0.339. The molecule has 0 saturated carbocycles. The largest absolute Gasteiger partial charge is 0.506 e. The first-order valence-electron chi connectivity index (χ1n) is 8.79. The molecule has 29 heavy (non-hydrogen) atoms. The van der Waals surface area contributed by atoms with E-state index in [0.29, 0.717) is 14.5 Å². The number of anilines is 1. The molecule has 0 aliphatic carbocycles. The number of aromatic nitrogens is 2. The summed E-state index contributed by atoms with van der Waals surface area (Å²) in [5, 5.41) is 12.8. The molecule has 2 N–H and O–H groups in total. The van der Waals surface area contributed by atoms with Crippen molar-refractivity contribution in [1.29, 1.82) is 0 Å². The van der Waals surface area contributed by atoms with Gasteiger partial charge in [0.2, 0.25) is 0 Å². The molecule has 0 fully saturated rings. The highest BCUT2D eigenvalue weighted by Crippen LogP contribution is 2.38. The van der Waals surface area contributed by atoms with Crippen LogP contribution in [0.15, 0.2) is 69.9 Å². The summed E-state index contributed by atoms with van der Waals surface area (Å²) in [6, 6.07) is 15.2. The second-order valence-corrected chi connectivity index (χ2v) is 8.41. The number of carbonyl (C=O) groups is 1. The van der Waals surface area contributed by atoms with Gasteiger partial charge in [-0.3, -0.25) is 4.79 Å². The standard InChI is InChI=1S/C22H13Br2N3O2/c23-16-8-12(9-17(24)21(16)28)7-15-14-10-13(4-5-18(14)26-22(15)29)19-11-27-6-2-1-3-20(27)25-19/h1-11,28H,(H,26,29)/b15-7-. The molecule has 3 heterocycles. The molecule has 142 valence electrons. The van der Waals surface area contributed by atoms with Crippen molar-refractivity contribution >= 4 is 60.8 Å². The number of pyridine rings is 1. The summed E-state index contributed by atoms with van der Waals surface area (Å²) >= 11 is 6.66. The average Bonchev–Trinajstić information content (AvgIpc) is 3.27. The maximum absolute atomic E-state index is 12.6. The van der Waals surface area contributed by atoms with Crippen molar-refractivity contribution in [2.75, 3.05) is 5.32 Å². The third-order valence-corrected chi connectivity index (χ3v) is 6.02. The topological polar surface area (TPSA) is 66.6 Å². The summed E-state index contributed by atoms with van der Waals surface area (Å²) in [7, 11) is 0. The van der Waals surface area contributed by atoms with E-state index in [-0.39, 0.29) is 11.7 Å². The number of phenolic OH excluding ortho intramolecular Hbond substituents is 1. The number of nitrogens with zero attached hydrogens (tertiary/aromatic N) is 2. The molecule has 7 heteroatoms. The maximum Gasteiger partial charge on any atom is 0.256 e. The lowest BCUT2D eigenvalue weighted by Gasteiger charge is -2.05. The molecule has 2 aromatic carbocycles. The van der Waals surface area contributed by atoms with Gasteiger partial charge in [-0.05, 0) is 79.9 Å². The van der Waals surface area contributed by atoms with E-state index in [1.165, 1.54) is 0 Å². The van der Waals surface area contributed by atoms with Crippen LogP contribution in [0.4, 0.5) is 5.69 Å². The summed E-state index contributed by atoms with van der Waals surface area (Å²) in [6.45, 7) is 0. The van der Waals surface area contributed by atoms with Crippen LogP contribution in [0.2, 0.25) is 0 Å². The normalized spacial score (nSPS) is 14.4. The van der Waals surface area contributed by atoms with Gasteiger partial charge in [-0.25, -0.2) is 4.98 Å². The second-order valence-electron chi connectivity index (χ2n) is 6.70. The lowest BCUT2D eigenvalue weighted by atomic mass is 10.0. The Balaban J connectivity index is 1.61. The van der Waals surface area contributed by atoms with Crippen molar-refractivity contribution in [2.24, 2.45) is 0 Å². The van der Waals surface area contributed by atoms with Crippen molar-refractivity contribution in [1.82, 2.24) is 9.38 Å². The predicted octanol–water partition coefficient (Wildman–Crippen LogP) is 5.72. The SMILES string of the molecule is O=C1Nc2ccc(-c3cn4ccccc4n3)cc2/C1=C/c1cc(Br)c(O)c(Br)c1. The van der Waals surface area contributed by atoms with E-state index < -0.39 is 0 Å². The van der Waals surface area contributed by atoms with Crippen LogP contribution in [-0.2, 0) is 4.79 Å². The van der Waals surface area contributed by atoms with Crippen molar-refractivity contribution in [3.63, 3.8) is 0 Å². The first kappa shape index (κ1) is 18.1. The molecule has 0 saturated heterocycles. The summed E-state index contributed by atoms with van der Waals surface area (Å²) < 4.78 is 3.07. The van der Waals surface area contributed by atoms with Gasteiger partial charge in [-0.2, -0.15) is 0 Å². The number of amides is 1. The van der Waals surface area contributed by atoms with Crippen LogP contribution < -0.4 is 5.32 Å². The van der Waals surface area contributed by atoms with E-state index in [1.54, 1.807) is 12.1 Å². The molecular weight excluding hydrogens is 498 g/mol. The minimum absolute atomic E-state index is 0.123. The lowest BCUT2D eigenvalue weighted by molar-refractivity contribution is -0.110. The van der Waals surface area contributed by atoms with E-state index in [9.17, 15) is 9.90 Å². The number of phenols is 1. The molecule has 0 radical (unpaired) electrons. The van der Waals surface area contributed by atoms with Crippen LogP contribution in [0.1, 0.15) is 11.1 Å². The molecule has 0 spiro atoms. The fraction of sp³-hybridized carbons (Fsp3) is 0. The average molecular weight is 511 g/mol. The van der Waals surface area contributed by atoms with Gasteiger partial charge in [0.15, 0.2) is 0 Å². The van der Waals surface area contributed by atoms with E-state index in [1.807, 2.05) is 59.3 Å². The number of imidazole rings is 1. The summed E-state index contributed by atoms with van der Waals surface area (Å²) in [6.07, 6.45) is 5.73. The smallest absolute Gasteiger partial charge is 0.256 e. The van der Waals surface area contributed by atoms with Gasteiger partial charge >= 0.3 is 0 Å². The van der Waals surface area contributed by atoms with Gasteiger partial charge in [-0.1, -0.05) is 12.1 Å². The Kier molecular flexibility index (Phi) is 4.29. The molecule has 0 bridgehead atoms. The molecule has 0 unspecified atom stereocenters. The molecular formula is C22H13Br2N3O2. The van der Waals surface area contributed by atoms with Crippen molar-refractivity contribution in [3.05, 3.63) is 81.0 Å². The highest BCUT2D eigenvalue weighted by atomic mass is 79.9. The fourth-order valence-electron chi connectivity index (χ4n) is 3.40. The Bertz CT molecular complexity index is 1290. The number of aromatic hydroxyl groups is 1. The number of fused-ring (bicyclic) bond motifs is 2. The van der Waals surface area contributed by atoms with Crippen molar-refractivity contribution in [2.45, 2.75) is 0 Å². The van der Waals surface area contributed by atoms with E-state index in [4.69, 9.17) is 0 Å². The number of carbonyl (C=O) groups excluding carboxylic acids is 1. The monoisotopic (exact) mass is 509 g/mol. The predicted molar refractivity (Wildman–Crippen MR) is 121 cm³/mol. The highest BCUT2D eigenvalue weighted by molar-refractivity contribution is 9.11. The summed E-state index contributed by atoms with van der Waals surface area (Å²) in [4.78, 5) is 17.3. The van der Waals surface area contributed by atoms with Crippen LogP contribution in [0, 0.1) is 0 Å². The van der Waals surface area contributed by atoms with E-state index in [2.05, 4.69) is 42.2 Å².